The minimum absolute atomic E-state index is 0.185. The van der Waals surface area contributed by atoms with E-state index in [1.807, 2.05) is 13.0 Å². The topological polar surface area (TPSA) is 45.8 Å². The van der Waals surface area contributed by atoms with Crippen molar-refractivity contribution in [2.45, 2.75) is 13.8 Å². The van der Waals surface area contributed by atoms with E-state index in [0.29, 0.717) is 10.7 Å². The van der Waals surface area contributed by atoms with E-state index >= 15 is 0 Å². The lowest BCUT2D eigenvalue weighted by Crippen LogP contribution is -2.22. The number of hydrogen-bond donors (Lipinski definition) is 0. The number of aromatic nitrogens is 1. The zero-order valence-electron chi connectivity index (χ0n) is 10.1. The highest BCUT2D eigenvalue weighted by Crippen LogP contribution is 2.15. The van der Waals surface area contributed by atoms with Crippen molar-refractivity contribution in [3.8, 4) is 11.8 Å². The maximum atomic E-state index is 12.2. The Hall–Kier alpha value is -2.05. The summed E-state index contributed by atoms with van der Waals surface area (Å²) in [5, 5.41) is 9.66. The molecule has 2 aromatic rings. The van der Waals surface area contributed by atoms with Crippen molar-refractivity contribution in [1.29, 1.82) is 5.26 Å². The Bertz CT molecular complexity index is 693. The molecule has 0 saturated heterocycles. The fourth-order valence-corrected chi connectivity index (χ4v) is 1.88. The summed E-state index contributed by atoms with van der Waals surface area (Å²) in [6.07, 6.45) is 1.74. The van der Waals surface area contributed by atoms with Crippen molar-refractivity contribution in [3.05, 3.63) is 62.5 Å². The molecule has 0 atom stereocenters. The molecule has 2 rings (SSSR count). The molecule has 0 amide bonds. The van der Waals surface area contributed by atoms with E-state index in [-0.39, 0.29) is 11.1 Å². The Labute approximate surface area is 110 Å². The smallest absolute Gasteiger partial charge is 0.273 e. The van der Waals surface area contributed by atoms with Gasteiger partial charge in [0.25, 0.3) is 5.56 Å². The minimum atomic E-state index is -0.303. The van der Waals surface area contributed by atoms with Gasteiger partial charge in [-0.25, -0.2) is 0 Å². The van der Waals surface area contributed by atoms with E-state index in [1.54, 1.807) is 37.4 Å². The Morgan fingerprint density at radius 1 is 1.22 bits per heavy atom. The lowest BCUT2D eigenvalue weighted by Gasteiger charge is -2.10. The van der Waals surface area contributed by atoms with Gasteiger partial charge in [0.2, 0.25) is 0 Å². The third kappa shape index (κ3) is 2.03. The fraction of sp³-hybridized carbons (Fsp3) is 0.143. The zero-order chi connectivity index (χ0) is 13.3. The SMILES string of the molecule is Cc1cn(-c2ccc(Cl)cc2)c(=O)c(C#N)c1C. The quantitative estimate of drug-likeness (QED) is 0.789. The van der Waals surface area contributed by atoms with Gasteiger partial charge in [0.05, 0.1) is 0 Å². The predicted octanol–water partition coefficient (Wildman–Crippen LogP) is 2.98. The predicted molar refractivity (Wildman–Crippen MR) is 71.2 cm³/mol. The van der Waals surface area contributed by atoms with Gasteiger partial charge in [-0.1, -0.05) is 11.6 Å². The van der Waals surface area contributed by atoms with E-state index in [2.05, 4.69) is 0 Å². The molecule has 1 aromatic heterocycles. The van der Waals surface area contributed by atoms with E-state index in [9.17, 15) is 4.79 Å². The van der Waals surface area contributed by atoms with Crippen LogP contribution in [0.1, 0.15) is 16.7 Å². The van der Waals surface area contributed by atoms with E-state index < -0.39 is 0 Å². The first-order valence-corrected chi connectivity index (χ1v) is 5.81. The molecule has 3 nitrogen and oxygen atoms in total. The van der Waals surface area contributed by atoms with Crippen LogP contribution in [0.3, 0.4) is 0 Å². The normalized spacial score (nSPS) is 10.1. The molecule has 0 bridgehead atoms. The third-order valence-electron chi connectivity index (χ3n) is 2.94. The lowest BCUT2D eigenvalue weighted by molar-refractivity contribution is 0.956. The number of nitriles is 1. The van der Waals surface area contributed by atoms with Gasteiger partial charge in [-0.05, 0) is 49.2 Å². The molecule has 0 radical (unpaired) electrons. The largest absolute Gasteiger partial charge is 0.283 e. The van der Waals surface area contributed by atoms with Crippen LogP contribution in [-0.2, 0) is 0 Å². The second kappa shape index (κ2) is 4.67. The monoisotopic (exact) mass is 258 g/mol. The van der Waals surface area contributed by atoms with Gasteiger partial charge < -0.3 is 0 Å². The van der Waals surface area contributed by atoms with Gasteiger partial charge in [0.1, 0.15) is 11.6 Å². The van der Waals surface area contributed by atoms with Crippen molar-refractivity contribution >= 4 is 11.6 Å². The molecular formula is C14H11ClN2O. The Morgan fingerprint density at radius 3 is 2.39 bits per heavy atom. The van der Waals surface area contributed by atoms with Crippen LogP contribution in [0.5, 0.6) is 0 Å². The van der Waals surface area contributed by atoms with Crippen molar-refractivity contribution in [2.24, 2.45) is 0 Å². The highest BCUT2D eigenvalue weighted by Gasteiger charge is 2.10. The lowest BCUT2D eigenvalue weighted by atomic mass is 10.1. The Morgan fingerprint density at radius 2 is 1.83 bits per heavy atom. The van der Waals surface area contributed by atoms with E-state index in [0.717, 1.165) is 11.1 Å². The number of nitrogens with zero attached hydrogens (tertiary/aromatic N) is 2. The van der Waals surface area contributed by atoms with Gasteiger partial charge in [-0.2, -0.15) is 5.26 Å². The number of pyridine rings is 1. The summed E-state index contributed by atoms with van der Waals surface area (Å²) < 4.78 is 1.47. The summed E-state index contributed by atoms with van der Waals surface area (Å²) >= 11 is 5.81. The molecule has 0 N–H and O–H groups in total. The number of aryl methyl sites for hydroxylation is 1. The van der Waals surface area contributed by atoms with Crippen LogP contribution < -0.4 is 5.56 Å². The zero-order valence-corrected chi connectivity index (χ0v) is 10.8. The fourth-order valence-electron chi connectivity index (χ4n) is 1.75. The highest BCUT2D eigenvalue weighted by molar-refractivity contribution is 6.30. The number of hydrogen-bond acceptors (Lipinski definition) is 2. The third-order valence-corrected chi connectivity index (χ3v) is 3.19. The molecule has 0 aliphatic carbocycles. The summed E-state index contributed by atoms with van der Waals surface area (Å²) in [7, 11) is 0. The first kappa shape index (κ1) is 12.4. The van der Waals surface area contributed by atoms with Gasteiger partial charge in [-0.3, -0.25) is 9.36 Å². The summed E-state index contributed by atoms with van der Waals surface area (Å²) in [5.74, 6) is 0. The summed E-state index contributed by atoms with van der Waals surface area (Å²) in [6.45, 7) is 3.66. The van der Waals surface area contributed by atoms with E-state index in [1.165, 1.54) is 4.57 Å². The highest BCUT2D eigenvalue weighted by atomic mass is 35.5. The molecule has 0 spiro atoms. The van der Waals surface area contributed by atoms with Crippen molar-refractivity contribution in [2.75, 3.05) is 0 Å². The summed E-state index contributed by atoms with van der Waals surface area (Å²) in [4.78, 5) is 12.2. The van der Waals surface area contributed by atoms with Crippen LogP contribution in [0.15, 0.2) is 35.3 Å². The van der Waals surface area contributed by atoms with Gasteiger partial charge >= 0.3 is 0 Å². The van der Waals surface area contributed by atoms with Crippen molar-refractivity contribution < 1.29 is 0 Å². The molecule has 1 heterocycles. The van der Waals surface area contributed by atoms with Crippen LogP contribution in [0.4, 0.5) is 0 Å². The van der Waals surface area contributed by atoms with Crippen molar-refractivity contribution in [1.82, 2.24) is 4.57 Å². The van der Waals surface area contributed by atoms with Crippen LogP contribution in [0.25, 0.3) is 5.69 Å². The molecule has 0 aliphatic rings. The maximum absolute atomic E-state index is 12.2. The first-order valence-electron chi connectivity index (χ1n) is 5.43. The number of benzene rings is 1. The molecule has 18 heavy (non-hydrogen) atoms. The minimum Gasteiger partial charge on any atom is -0.283 e. The number of rotatable bonds is 1. The molecular weight excluding hydrogens is 248 g/mol. The standard InChI is InChI=1S/C14H11ClN2O/c1-9-8-17(12-5-3-11(15)4-6-12)14(18)13(7-16)10(9)2/h3-6,8H,1-2H3. The summed E-state index contributed by atoms with van der Waals surface area (Å²) in [5.41, 5.74) is 2.21. The number of halogens is 1. The van der Waals surface area contributed by atoms with Gasteiger partial charge in [-0.15, -0.1) is 0 Å². The maximum Gasteiger partial charge on any atom is 0.273 e. The molecule has 0 fully saturated rings. The molecule has 4 heteroatoms. The van der Waals surface area contributed by atoms with Crippen molar-refractivity contribution in [3.63, 3.8) is 0 Å². The molecule has 0 saturated carbocycles. The van der Waals surface area contributed by atoms with Crippen LogP contribution >= 0.6 is 11.6 Å². The molecule has 0 unspecified atom stereocenters. The van der Waals surface area contributed by atoms with E-state index in [4.69, 9.17) is 16.9 Å². The Balaban J connectivity index is 2.74. The van der Waals surface area contributed by atoms with Gasteiger partial charge in [0.15, 0.2) is 0 Å². The average molecular weight is 259 g/mol. The second-order valence-electron chi connectivity index (χ2n) is 4.08. The second-order valence-corrected chi connectivity index (χ2v) is 4.51. The summed E-state index contributed by atoms with van der Waals surface area (Å²) in [6, 6.07) is 8.89. The van der Waals surface area contributed by atoms with Crippen LogP contribution in [-0.4, -0.2) is 4.57 Å². The molecule has 90 valence electrons. The van der Waals surface area contributed by atoms with Crippen LogP contribution in [0, 0.1) is 25.2 Å². The van der Waals surface area contributed by atoms with Crippen LogP contribution in [0.2, 0.25) is 5.02 Å². The average Bonchev–Trinajstić information content (AvgIpc) is 2.36. The van der Waals surface area contributed by atoms with Gasteiger partial charge in [0, 0.05) is 16.9 Å². The Kier molecular flexibility index (Phi) is 3.22. The first-order chi connectivity index (χ1) is 8.54. The molecule has 1 aromatic carbocycles. The molecule has 0 aliphatic heterocycles.